The molecule has 3 rings (SSSR count). The predicted octanol–water partition coefficient (Wildman–Crippen LogP) is 1.34. The van der Waals surface area contributed by atoms with Gasteiger partial charge in [0.15, 0.2) is 17.3 Å². The topological polar surface area (TPSA) is 63.4 Å². The van der Waals surface area contributed by atoms with Gasteiger partial charge in [0.05, 0.1) is 12.1 Å². The lowest BCUT2D eigenvalue weighted by atomic mass is 10.1. The summed E-state index contributed by atoms with van der Waals surface area (Å²) in [5.74, 6) is 1.48. The third-order valence-corrected chi connectivity index (χ3v) is 2.98. The van der Waals surface area contributed by atoms with Crippen molar-refractivity contribution < 1.29 is 14.3 Å². The number of ether oxygens (including phenoxy) is 2. The summed E-state index contributed by atoms with van der Waals surface area (Å²) in [6.45, 7) is 1.43. The van der Waals surface area contributed by atoms with Gasteiger partial charge < -0.3 is 19.8 Å². The van der Waals surface area contributed by atoms with E-state index in [4.69, 9.17) is 9.47 Å². The van der Waals surface area contributed by atoms with E-state index in [2.05, 4.69) is 10.3 Å². The molecule has 5 nitrogen and oxygen atoms in total. The number of likely N-dealkylation sites (N-methyl/N-ethyl adjacent to an activating group) is 1. The smallest absolute Gasteiger partial charge is 0.178 e. The first-order chi connectivity index (χ1) is 8.79. The fraction of sp³-hybridized carbons (Fsp3) is 0.308. The molecule has 94 valence electrons. The highest BCUT2D eigenvalue weighted by Crippen LogP contribution is 2.35. The summed E-state index contributed by atoms with van der Waals surface area (Å²) in [5, 5.41) is 3.74. The van der Waals surface area contributed by atoms with Gasteiger partial charge in [-0.2, -0.15) is 0 Å². The number of hydrogen-bond acceptors (Lipinski definition) is 4. The van der Waals surface area contributed by atoms with Gasteiger partial charge in [0.1, 0.15) is 13.2 Å². The number of rotatable bonds is 3. The molecular formula is C13H14N2O3. The number of hydrogen-bond donors (Lipinski definition) is 2. The third-order valence-electron chi connectivity index (χ3n) is 2.98. The number of ketones is 1. The first-order valence-electron chi connectivity index (χ1n) is 5.88. The Bertz CT molecular complexity index is 604. The van der Waals surface area contributed by atoms with Gasteiger partial charge in [-0.15, -0.1) is 0 Å². The van der Waals surface area contributed by atoms with E-state index in [1.165, 1.54) is 0 Å². The average Bonchev–Trinajstić information content (AvgIpc) is 2.79. The molecule has 0 unspecified atom stereocenters. The van der Waals surface area contributed by atoms with Crippen molar-refractivity contribution in [2.75, 3.05) is 26.8 Å². The zero-order valence-electron chi connectivity index (χ0n) is 10.1. The highest BCUT2D eigenvalue weighted by atomic mass is 16.6. The molecule has 0 saturated heterocycles. The van der Waals surface area contributed by atoms with E-state index in [0.717, 1.165) is 16.7 Å². The van der Waals surface area contributed by atoms with Crippen molar-refractivity contribution in [3.8, 4) is 11.5 Å². The Morgan fingerprint density at radius 1 is 1.33 bits per heavy atom. The number of aromatic nitrogens is 1. The lowest BCUT2D eigenvalue weighted by Crippen LogP contribution is -2.18. The molecule has 2 N–H and O–H groups in total. The summed E-state index contributed by atoms with van der Waals surface area (Å²) >= 11 is 0. The van der Waals surface area contributed by atoms with E-state index in [-0.39, 0.29) is 5.78 Å². The van der Waals surface area contributed by atoms with Gasteiger partial charge >= 0.3 is 0 Å². The second-order valence-electron chi connectivity index (χ2n) is 4.20. The average molecular weight is 246 g/mol. The summed E-state index contributed by atoms with van der Waals surface area (Å²) in [6, 6.07) is 3.74. The molecule has 2 heterocycles. The minimum Gasteiger partial charge on any atom is -0.486 e. The molecular weight excluding hydrogens is 232 g/mol. The van der Waals surface area contributed by atoms with Gasteiger partial charge in [-0.05, 0) is 13.1 Å². The molecule has 0 radical (unpaired) electrons. The van der Waals surface area contributed by atoms with Crippen LogP contribution in [0.3, 0.4) is 0 Å². The van der Waals surface area contributed by atoms with Crippen LogP contribution in [0.25, 0.3) is 10.9 Å². The fourth-order valence-corrected chi connectivity index (χ4v) is 2.15. The van der Waals surface area contributed by atoms with E-state index >= 15 is 0 Å². The Hall–Kier alpha value is -2.01. The van der Waals surface area contributed by atoms with Gasteiger partial charge in [-0.25, -0.2) is 0 Å². The Morgan fingerprint density at radius 2 is 2.06 bits per heavy atom. The summed E-state index contributed by atoms with van der Waals surface area (Å²) in [4.78, 5) is 15.0. The fourth-order valence-electron chi connectivity index (χ4n) is 2.15. The Labute approximate surface area is 104 Å². The van der Waals surface area contributed by atoms with Crippen molar-refractivity contribution in [2.24, 2.45) is 0 Å². The quantitative estimate of drug-likeness (QED) is 0.802. The number of carbonyl (C=O) groups is 1. The molecule has 0 aliphatic carbocycles. The minimum absolute atomic E-state index is 0.0560. The van der Waals surface area contributed by atoms with Gasteiger partial charge in [0.25, 0.3) is 0 Å². The highest BCUT2D eigenvalue weighted by molar-refractivity contribution is 6.09. The van der Waals surface area contributed by atoms with E-state index in [1.807, 2.05) is 12.1 Å². The molecule has 0 saturated carbocycles. The Balaban J connectivity index is 2.10. The van der Waals surface area contributed by atoms with Crippen LogP contribution in [0.1, 0.15) is 10.4 Å². The number of carbonyl (C=O) groups excluding carboxylic acids is 1. The zero-order chi connectivity index (χ0) is 12.5. The Kier molecular flexibility index (Phi) is 2.68. The van der Waals surface area contributed by atoms with Crippen LogP contribution >= 0.6 is 0 Å². The van der Waals surface area contributed by atoms with Crippen LogP contribution in [0.2, 0.25) is 0 Å². The second-order valence-corrected chi connectivity index (χ2v) is 4.20. The van der Waals surface area contributed by atoms with Crippen LogP contribution < -0.4 is 14.8 Å². The summed E-state index contributed by atoms with van der Waals surface area (Å²) in [5.41, 5.74) is 1.56. The zero-order valence-corrected chi connectivity index (χ0v) is 10.1. The first-order valence-corrected chi connectivity index (χ1v) is 5.88. The van der Waals surface area contributed by atoms with Crippen molar-refractivity contribution in [1.29, 1.82) is 0 Å². The first kappa shape index (κ1) is 11.1. The molecule has 0 fully saturated rings. The molecule has 1 aromatic heterocycles. The maximum Gasteiger partial charge on any atom is 0.178 e. The monoisotopic (exact) mass is 246 g/mol. The minimum atomic E-state index is 0.0560. The van der Waals surface area contributed by atoms with Crippen molar-refractivity contribution in [3.05, 3.63) is 23.9 Å². The molecule has 5 heteroatoms. The molecule has 18 heavy (non-hydrogen) atoms. The number of aromatic amines is 1. The van der Waals surface area contributed by atoms with Gasteiger partial charge in [-0.3, -0.25) is 4.79 Å². The molecule has 1 aromatic carbocycles. The van der Waals surface area contributed by atoms with Gasteiger partial charge in [0, 0.05) is 23.2 Å². The second kappa shape index (κ2) is 4.34. The number of nitrogens with one attached hydrogen (secondary N) is 2. The third kappa shape index (κ3) is 1.73. The van der Waals surface area contributed by atoms with Crippen molar-refractivity contribution in [2.45, 2.75) is 0 Å². The molecule has 2 aromatic rings. The number of H-pyrrole nitrogens is 1. The number of fused-ring (bicyclic) bond motifs is 2. The maximum absolute atomic E-state index is 11.9. The SMILES string of the molecule is CNCC(=O)c1c[nH]c2cc3c(cc12)OCCO3. The van der Waals surface area contributed by atoms with Crippen LogP contribution in [0.15, 0.2) is 18.3 Å². The lowest BCUT2D eigenvalue weighted by Gasteiger charge is -2.18. The molecule has 0 bridgehead atoms. The van der Waals surface area contributed by atoms with Gasteiger partial charge in [-0.1, -0.05) is 0 Å². The summed E-state index contributed by atoms with van der Waals surface area (Å²) in [6.07, 6.45) is 1.73. The maximum atomic E-state index is 11.9. The molecule has 0 amide bonds. The van der Waals surface area contributed by atoms with Crippen LogP contribution in [-0.4, -0.2) is 37.6 Å². The number of benzene rings is 1. The number of Topliss-reactive ketones (excluding diaryl/α,β-unsaturated/α-hetero) is 1. The van der Waals surface area contributed by atoms with Crippen LogP contribution in [-0.2, 0) is 0 Å². The largest absolute Gasteiger partial charge is 0.486 e. The Morgan fingerprint density at radius 3 is 2.78 bits per heavy atom. The predicted molar refractivity (Wildman–Crippen MR) is 67.5 cm³/mol. The summed E-state index contributed by atoms with van der Waals surface area (Å²) < 4.78 is 11.0. The van der Waals surface area contributed by atoms with E-state index in [1.54, 1.807) is 13.2 Å². The van der Waals surface area contributed by atoms with Crippen molar-refractivity contribution in [3.63, 3.8) is 0 Å². The van der Waals surface area contributed by atoms with Crippen LogP contribution in [0.4, 0.5) is 0 Å². The van der Waals surface area contributed by atoms with E-state index in [9.17, 15) is 4.79 Å². The van der Waals surface area contributed by atoms with Crippen LogP contribution in [0, 0.1) is 0 Å². The molecule has 0 atom stereocenters. The van der Waals surface area contributed by atoms with Crippen molar-refractivity contribution in [1.82, 2.24) is 10.3 Å². The summed E-state index contributed by atoms with van der Waals surface area (Å²) in [7, 11) is 1.76. The standard InChI is InChI=1S/C13H14N2O3/c1-14-7-11(16)9-6-15-10-5-13-12(4-8(9)10)17-2-3-18-13/h4-6,14-15H,2-3,7H2,1H3. The highest BCUT2D eigenvalue weighted by Gasteiger charge is 2.17. The van der Waals surface area contributed by atoms with E-state index in [0.29, 0.717) is 31.1 Å². The lowest BCUT2D eigenvalue weighted by molar-refractivity contribution is 0.0995. The van der Waals surface area contributed by atoms with Gasteiger partial charge in [0.2, 0.25) is 0 Å². The molecule has 1 aliphatic heterocycles. The molecule has 0 spiro atoms. The van der Waals surface area contributed by atoms with Crippen molar-refractivity contribution >= 4 is 16.7 Å². The molecule has 1 aliphatic rings. The van der Waals surface area contributed by atoms with E-state index < -0.39 is 0 Å². The normalized spacial score (nSPS) is 13.8. The van der Waals surface area contributed by atoms with Crippen LogP contribution in [0.5, 0.6) is 11.5 Å².